The van der Waals surface area contributed by atoms with Gasteiger partial charge >= 0.3 is 0 Å². The van der Waals surface area contributed by atoms with Crippen LogP contribution in [-0.2, 0) is 11.8 Å². The summed E-state index contributed by atoms with van der Waals surface area (Å²) in [5, 5.41) is 0. The molecule has 39 heavy (non-hydrogen) atoms. The molecule has 8 nitrogen and oxygen atoms in total. The van der Waals surface area contributed by atoms with Crippen molar-refractivity contribution in [2.24, 2.45) is 0 Å². The molecule has 2 N–H and O–H groups in total. The zero-order valence-electron chi connectivity index (χ0n) is 21.5. The normalized spacial score (nSPS) is 15.2. The second kappa shape index (κ2) is 10.3. The number of fused-ring (bicyclic) bond motifs is 4. The van der Waals surface area contributed by atoms with Crippen LogP contribution in [0.3, 0.4) is 0 Å². The van der Waals surface area contributed by atoms with Crippen LogP contribution in [0.4, 0.5) is 5.95 Å². The molecule has 0 bridgehead atoms. The molecule has 1 spiro atoms. The second-order valence-corrected chi connectivity index (χ2v) is 11.0. The first-order chi connectivity index (χ1) is 19.0. The Morgan fingerprint density at radius 3 is 2.56 bits per heavy atom. The van der Waals surface area contributed by atoms with Crippen molar-refractivity contribution in [3.63, 3.8) is 0 Å². The lowest BCUT2D eigenvalue weighted by Gasteiger charge is -2.42. The van der Waals surface area contributed by atoms with Crippen LogP contribution >= 0.6 is 15.9 Å². The Balaban J connectivity index is 1.53. The summed E-state index contributed by atoms with van der Waals surface area (Å²) in [6.45, 7) is 0. The number of hydrogen-bond donors (Lipinski definition) is 2. The van der Waals surface area contributed by atoms with Crippen molar-refractivity contribution in [1.82, 2.24) is 20.0 Å². The molecular formula is C30H28BrN5O3. The van der Waals surface area contributed by atoms with Gasteiger partial charge in [-0.15, -0.1) is 0 Å². The van der Waals surface area contributed by atoms with E-state index in [0.717, 1.165) is 43.2 Å². The zero-order valence-corrected chi connectivity index (χ0v) is 23.1. The number of benzene rings is 2. The lowest BCUT2D eigenvalue weighted by atomic mass is 9.62. The molecule has 1 saturated carbocycles. The molecule has 9 heteroatoms. The lowest BCUT2D eigenvalue weighted by molar-refractivity contribution is 0.0961. The smallest absolute Gasteiger partial charge is 0.270 e. The summed E-state index contributed by atoms with van der Waals surface area (Å²) in [4.78, 5) is 36.7. The predicted octanol–water partition coefficient (Wildman–Crippen LogP) is 5.58. The van der Waals surface area contributed by atoms with Gasteiger partial charge in [-0.2, -0.15) is 0 Å². The molecule has 1 fully saturated rings. The summed E-state index contributed by atoms with van der Waals surface area (Å²) in [6, 6.07) is 17.1. The molecule has 2 aromatic heterocycles. The molecule has 2 aliphatic carbocycles. The first-order valence-electron chi connectivity index (χ1n) is 13.1. The Morgan fingerprint density at radius 2 is 1.82 bits per heavy atom. The number of ether oxygens (including phenoxy) is 1. The summed E-state index contributed by atoms with van der Waals surface area (Å²) in [6.07, 6.45) is 9.18. The Morgan fingerprint density at radius 1 is 1.05 bits per heavy atom. The molecule has 0 aliphatic heterocycles. The number of nitrogens with zero attached hydrogens (tertiary/aromatic N) is 3. The first-order valence-corrected chi connectivity index (χ1v) is 13.9. The van der Waals surface area contributed by atoms with E-state index in [1.807, 2.05) is 42.5 Å². The minimum Gasteiger partial charge on any atom is -0.497 e. The van der Waals surface area contributed by atoms with Gasteiger partial charge in [0.2, 0.25) is 5.95 Å². The number of aromatic nitrogens is 3. The van der Waals surface area contributed by atoms with Gasteiger partial charge in [-0.25, -0.2) is 9.55 Å². The highest BCUT2D eigenvalue weighted by atomic mass is 79.9. The Labute approximate surface area is 234 Å². The van der Waals surface area contributed by atoms with E-state index in [1.54, 1.807) is 30.1 Å². The minimum atomic E-state index is -0.387. The fourth-order valence-electron chi connectivity index (χ4n) is 6.00. The topological polar surface area (TPSA) is 98.1 Å². The molecule has 0 radical (unpaired) electrons. The molecule has 1 amide bonds. The third-order valence-electron chi connectivity index (χ3n) is 7.86. The number of halogens is 1. The van der Waals surface area contributed by atoms with Gasteiger partial charge in [0.1, 0.15) is 5.75 Å². The number of amides is 1. The molecule has 2 aromatic carbocycles. The third kappa shape index (κ3) is 4.50. The summed E-state index contributed by atoms with van der Waals surface area (Å²) in [7, 11) is 1.60. The fourth-order valence-corrected chi connectivity index (χ4v) is 6.43. The van der Waals surface area contributed by atoms with Crippen LogP contribution < -0.4 is 21.1 Å². The molecular weight excluding hydrogens is 558 g/mol. The van der Waals surface area contributed by atoms with Crippen LogP contribution in [0.25, 0.3) is 16.9 Å². The summed E-state index contributed by atoms with van der Waals surface area (Å²) in [5.41, 5.74) is 9.96. The number of carbonyl (C=O) groups is 1. The van der Waals surface area contributed by atoms with Crippen molar-refractivity contribution in [3.8, 4) is 22.7 Å². The maximum Gasteiger partial charge on any atom is 0.270 e. The average molecular weight is 586 g/mol. The van der Waals surface area contributed by atoms with Crippen LogP contribution in [0.1, 0.15) is 53.6 Å². The highest BCUT2D eigenvalue weighted by molar-refractivity contribution is 9.10. The van der Waals surface area contributed by atoms with E-state index < -0.39 is 0 Å². The average Bonchev–Trinajstić information content (AvgIpc) is 2.96. The van der Waals surface area contributed by atoms with Crippen LogP contribution in [0, 0.1) is 0 Å². The molecule has 2 heterocycles. The predicted molar refractivity (Wildman–Crippen MR) is 153 cm³/mol. The van der Waals surface area contributed by atoms with Gasteiger partial charge in [-0.3, -0.25) is 25.4 Å². The third-order valence-corrected chi connectivity index (χ3v) is 8.49. The number of carbonyl (C=O) groups excluding carboxylic acids is 1. The van der Waals surface area contributed by atoms with Crippen molar-refractivity contribution in [1.29, 1.82) is 0 Å². The Kier molecular flexibility index (Phi) is 6.68. The van der Waals surface area contributed by atoms with E-state index in [-0.39, 0.29) is 22.8 Å². The van der Waals surface area contributed by atoms with Gasteiger partial charge in [-0.1, -0.05) is 43.5 Å². The van der Waals surface area contributed by atoms with E-state index in [9.17, 15) is 9.59 Å². The molecule has 0 unspecified atom stereocenters. The van der Waals surface area contributed by atoms with Gasteiger partial charge in [-0.05, 0) is 71.1 Å². The van der Waals surface area contributed by atoms with Crippen LogP contribution in [-0.4, -0.2) is 27.6 Å². The Hall–Kier alpha value is -3.98. The molecule has 2 aliphatic rings. The number of methoxy groups -OCH3 is 1. The molecule has 6 rings (SSSR count). The van der Waals surface area contributed by atoms with Crippen LogP contribution in [0.15, 0.2) is 76.3 Å². The van der Waals surface area contributed by atoms with Gasteiger partial charge in [0, 0.05) is 27.8 Å². The minimum absolute atomic E-state index is 0.122. The van der Waals surface area contributed by atoms with E-state index in [4.69, 9.17) is 9.72 Å². The molecule has 198 valence electrons. The first kappa shape index (κ1) is 25.3. The number of hydrogen-bond acceptors (Lipinski definition) is 6. The Bertz CT molecular complexity index is 1610. The van der Waals surface area contributed by atoms with Crippen molar-refractivity contribution >= 4 is 27.8 Å². The SMILES string of the molecule is COc1ccc(-n2c(NNC(=O)c3ccncc3Br)nc3c(c2=O)C2(CCCCC2)Cc2ccccc2-3)cc1. The van der Waals surface area contributed by atoms with Gasteiger partial charge < -0.3 is 4.74 Å². The number of anilines is 1. The highest BCUT2D eigenvalue weighted by Crippen LogP contribution is 2.48. The van der Waals surface area contributed by atoms with E-state index in [1.165, 1.54) is 12.0 Å². The number of nitrogens with one attached hydrogen (secondary N) is 2. The summed E-state index contributed by atoms with van der Waals surface area (Å²) in [5.74, 6) is 0.521. The molecule has 0 saturated heterocycles. The second-order valence-electron chi connectivity index (χ2n) is 10.1. The van der Waals surface area contributed by atoms with Crippen LogP contribution in [0.2, 0.25) is 0 Å². The zero-order chi connectivity index (χ0) is 27.0. The highest BCUT2D eigenvalue weighted by Gasteiger charge is 2.43. The van der Waals surface area contributed by atoms with Gasteiger partial charge in [0.25, 0.3) is 11.5 Å². The van der Waals surface area contributed by atoms with E-state index >= 15 is 0 Å². The molecule has 4 aromatic rings. The van der Waals surface area contributed by atoms with E-state index in [2.05, 4.69) is 37.8 Å². The maximum absolute atomic E-state index is 14.6. The largest absolute Gasteiger partial charge is 0.497 e. The quantitative estimate of drug-likeness (QED) is 0.297. The van der Waals surface area contributed by atoms with Crippen molar-refractivity contribution in [2.75, 3.05) is 12.5 Å². The number of pyridine rings is 1. The maximum atomic E-state index is 14.6. The summed E-state index contributed by atoms with van der Waals surface area (Å²) < 4.78 is 7.46. The standard InChI is InChI=1S/C30H28BrN5O3/c1-39-21-11-9-20(10-12-21)36-28(38)25-26(33-29(36)35-34-27(37)23-13-16-32-18-24(23)31)22-8-4-3-7-19(22)17-30(25)14-5-2-6-15-30/h3-4,7-13,16,18H,2,5-6,14-15,17H2,1H3,(H,33,35)(H,34,37). The van der Waals surface area contributed by atoms with E-state index in [0.29, 0.717) is 27.2 Å². The van der Waals surface area contributed by atoms with Crippen LogP contribution in [0.5, 0.6) is 5.75 Å². The fraction of sp³-hybridized carbons (Fsp3) is 0.267. The van der Waals surface area contributed by atoms with Crippen molar-refractivity contribution in [3.05, 3.63) is 98.5 Å². The van der Waals surface area contributed by atoms with Gasteiger partial charge in [0.05, 0.1) is 29.6 Å². The lowest BCUT2D eigenvalue weighted by Crippen LogP contribution is -2.44. The summed E-state index contributed by atoms with van der Waals surface area (Å²) >= 11 is 3.37. The van der Waals surface area contributed by atoms with Gasteiger partial charge in [0.15, 0.2) is 0 Å². The number of hydrazine groups is 1. The monoisotopic (exact) mass is 585 g/mol. The van der Waals surface area contributed by atoms with Crippen molar-refractivity contribution < 1.29 is 9.53 Å². The number of rotatable bonds is 5. The molecule has 0 atom stereocenters. The van der Waals surface area contributed by atoms with Crippen molar-refractivity contribution in [2.45, 2.75) is 43.9 Å².